The van der Waals surface area contributed by atoms with Crippen LogP contribution >= 0.6 is 0 Å². The molecular weight excluding hydrogens is 210 g/mol. The van der Waals surface area contributed by atoms with E-state index < -0.39 is 0 Å². The lowest BCUT2D eigenvalue weighted by Crippen LogP contribution is -2.27. The van der Waals surface area contributed by atoms with E-state index in [-0.39, 0.29) is 0 Å². The van der Waals surface area contributed by atoms with Crippen molar-refractivity contribution in [3.63, 3.8) is 0 Å². The van der Waals surface area contributed by atoms with Crippen LogP contribution in [-0.4, -0.2) is 11.0 Å². The maximum atomic E-state index is 9.03. The normalized spacial score (nSPS) is 24.0. The Morgan fingerprint density at radius 1 is 1.53 bits per heavy atom. The Hall–Kier alpha value is -1.56. The van der Waals surface area contributed by atoms with Crippen LogP contribution in [0.15, 0.2) is 18.5 Å². The Kier molecular flexibility index (Phi) is 3.98. The third kappa shape index (κ3) is 2.97. The van der Waals surface area contributed by atoms with Crippen molar-refractivity contribution in [1.29, 1.82) is 5.26 Å². The van der Waals surface area contributed by atoms with E-state index in [0.29, 0.717) is 11.6 Å². The number of hydrogen-bond donors (Lipinski definition) is 1. The second-order valence-corrected chi connectivity index (χ2v) is 4.82. The summed E-state index contributed by atoms with van der Waals surface area (Å²) in [6.07, 6.45) is 9.75. The zero-order chi connectivity index (χ0) is 12.1. The van der Waals surface area contributed by atoms with E-state index in [1.165, 1.54) is 32.1 Å². The number of nitriles is 1. The lowest BCUT2D eigenvalue weighted by molar-refractivity contribution is 0.327. The molecule has 2 unspecified atom stereocenters. The third-order valence-electron chi connectivity index (χ3n) is 3.66. The minimum atomic E-state index is 0.505. The molecule has 2 rings (SSSR count). The molecule has 2 atom stereocenters. The minimum Gasteiger partial charge on any atom is -0.380 e. The van der Waals surface area contributed by atoms with Crippen molar-refractivity contribution in [2.75, 3.05) is 5.32 Å². The topological polar surface area (TPSA) is 48.7 Å². The summed E-state index contributed by atoms with van der Waals surface area (Å²) < 4.78 is 0. The van der Waals surface area contributed by atoms with Crippen LogP contribution in [0.25, 0.3) is 0 Å². The van der Waals surface area contributed by atoms with Crippen molar-refractivity contribution in [1.82, 2.24) is 4.98 Å². The summed E-state index contributed by atoms with van der Waals surface area (Å²) >= 11 is 0. The van der Waals surface area contributed by atoms with E-state index in [0.717, 1.165) is 11.6 Å². The standard InChI is InChI=1S/C14H19N3/c1-2-11-4-3-5-13(8-11)17-14-10-16-7-6-12(14)9-15/h6-7,10-11,13,17H,2-5,8H2,1H3. The van der Waals surface area contributed by atoms with Crippen LogP contribution < -0.4 is 5.32 Å². The highest BCUT2D eigenvalue weighted by Gasteiger charge is 2.21. The average molecular weight is 229 g/mol. The summed E-state index contributed by atoms with van der Waals surface area (Å²) in [7, 11) is 0. The van der Waals surface area contributed by atoms with Gasteiger partial charge in [0.1, 0.15) is 6.07 Å². The fraction of sp³-hybridized carbons (Fsp3) is 0.571. The number of aromatic nitrogens is 1. The van der Waals surface area contributed by atoms with Gasteiger partial charge in [-0.2, -0.15) is 5.26 Å². The molecule has 17 heavy (non-hydrogen) atoms. The molecule has 0 radical (unpaired) electrons. The van der Waals surface area contributed by atoms with Crippen LogP contribution in [0, 0.1) is 17.2 Å². The van der Waals surface area contributed by atoms with Crippen LogP contribution in [-0.2, 0) is 0 Å². The lowest BCUT2D eigenvalue weighted by atomic mass is 9.84. The van der Waals surface area contributed by atoms with Gasteiger partial charge in [0.15, 0.2) is 0 Å². The Balaban J connectivity index is 2.03. The predicted molar refractivity (Wildman–Crippen MR) is 68.6 cm³/mol. The van der Waals surface area contributed by atoms with Crippen LogP contribution in [0.5, 0.6) is 0 Å². The molecule has 0 amide bonds. The molecule has 1 aliphatic rings. The van der Waals surface area contributed by atoms with Gasteiger partial charge in [0, 0.05) is 12.2 Å². The molecule has 1 heterocycles. The monoisotopic (exact) mass is 229 g/mol. The molecule has 1 aliphatic carbocycles. The van der Waals surface area contributed by atoms with Gasteiger partial charge in [-0.25, -0.2) is 0 Å². The van der Waals surface area contributed by atoms with E-state index in [1.807, 2.05) is 0 Å². The highest BCUT2D eigenvalue weighted by molar-refractivity contribution is 5.55. The first kappa shape index (κ1) is 11.9. The molecule has 1 fully saturated rings. The highest BCUT2D eigenvalue weighted by atomic mass is 14.9. The molecule has 1 aromatic rings. The molecule has 90 valence electrons. The first-order valence-corrected chi connectivity index (χ1v) is 6.44. The second-order valence-electron chi connectivity index (χ2n) is 4.82. The van der Waals surface area contributed by atoms with Gasteiger partial charge in [-0.1, -0.05) is 26.2 Å². The van der Waals surface area contributed by atoms with Gasteiger partial charge in [-0.3, -0.25) is 4.98 Å². The van der Waals surface area contributed by atoms with Crippen molar-refractivity contribution < 1.29 is 0 Å². The Morgan fingerprint density at radius 3 is 3.18 bits per heavy atom. The molecule has 0 aromatic carbocycles. The van der Waals surface area contributed by atoms with Crippen molar-refractivity contribution in [2.24, 2.45) is 5.92 Å². The van der Waals surface area contributed by atoms with E-state index in [1.54, 1.807) is 18.5 Å². The minimum absolute atomic E-state index is 0.505. The predicted octanol–water partition coefficient (Wildman–Crippen LogP) is 3.33. The lowest BCUT2D eigenvalue weighted by Gasteiger charge is -2.29. The van der Waals surface area contributed by atoms with Crippen molar-refractivity contribution in [3.8, 4) is 6.07 Å². The zero-order valence-electron chi connectivity index (χ0n) is 10.3. The van der Waals surface area contributed by atoms with Gasteiger partial charge in [0.2, 0.25) is 0 Å². The number of nitrogens with zero attached hydrogens (tertiary/aromatic N) is 2. The Bertz CT molecular complexity index is 408. The summed E-state index contributed by atoms with van der Waals surface area (Å²) in [5.41, 5.74) is 1.58. The first-order chi connectivity index (χ1) is 8.33. The van der Waals surface area contributed by atoms with Crippen molar-refractivity contribution in [2.45, 2.75) is 45.1 Å². The van der Waals surface area contributed by atoms with E-state index in [2.05, 4.69) is 23.3 Å². The second kappa shape index (κ2) is 5.67. The fourth-order valence-corrected chi connectivity index (χ4v) is 2.62. The number of hydrogen-bond acceptors (Lipinski definition) is 3. The molecule has 1 saturated carbocycles. The summed E-state index contributed by atoms with van der Waals surface area (Å²) in [6.45, 7) is 2.26. The number of rotatable bonds is 3. The molecule has 3 nitrogen and oxygen atoms in total. The maximum Gasteiger partial charge on any atom is 0.101 e. The van der Waals surface area contributed by atoms with E-state index in [4.69, 9.17) is 5.26 Å². The average Bonchev–Trinajstić information content (AvgIpc) is 2.39. The van der Waals surface area contributed by atoms with Crippen molar-refractivity contribution in [3.05, 3.63) is 24.0 Å². The summed E-state index contributed by atoms with van der Waals surface area (Å²) in [4.78, 5) is 4.08. The van der Waals surface area contributed by atoms with Crippen LogP contribution in [0.1, 0.15) is 44.6 Å². The van der Waals surface area contributed by atoms with Crippen LogP contribution in [0.2, 0.25) is 0 Å². The smallest absolute Gasteiger partial charge is 0.101 e. The third-order valence-corrected chi connectivity index (χ3v) is 3.66. The van der Waals surface area contributed by atoms with Crippen LogP contribution in [0.4, 0.5) is 5.69 Å². The molecule has 0 aliphatic heterocycles. The highest BCUT2D eigenvalue weighted by Crippen LogP contribution is 2.29. The molecule has 0 bridgehead atoms. The van der Waals surface area contributed by atoms with Gasteiger partial charge in [-0.15, -0.1) is 0 Å². The summed E-state index contributed by atoms with van der Waals surface area (Å²) in [5.74, 6) is 0.837. The largest absolute Gasteiger partial charge is 0.380 e. The Labute approximate surface area is 103 Å². The van der Waals surface area contributed by atoms with Gasteiger partial charge in [0.25, 0.3) is 0 Å². The van der Waals surface area contributed by atoms with Crippen molar-refractivity contribution >= 4 is 5.69 Å². The molecule has 0 spiro atoms. The van der Waals surface area contributed by atoms with E-state index >= 15 is 0 Å². The number of pyridine rings is 1. The Morgan fingerprint density at radius 2 is 2.41 bits per heavy atom. The van der Waals surface area contributed by atoms with E-state index in [9.17, 15) is 0 Å². The zero-order valence-corrected chi connectivity index (χ0v) is 10.3. The summed E-state index contributed by atoms with van der Waals surface area (Å²) in [6, 6.07) is 4.48. The molecular formula is C14H19N3. The SMILES string of the molecule is CCC1CCCC(Nc2cnccc2C#N)C1. The van der Waals surface area contributed by atoms with Crippen LogP contribution in [0.3, 0.4) is 0 Å². The number of anilines is 1. The van der Waals surface area contributed by atoms with Gasteiger partial charge >= 0.3 is 0 Å². The number of nitrogens with one attached hydrogen (secondary N) is 1. The quantitative estimate of drug-likeness (QED) is 0.864. The van der Waals surface area contributed by atoms with Gasteiger partial charge in [0.05, 0.1) is 17.4 Å². The maximum absolute atomic E-state index is 9.03. The molecule has 1 N–H and O–H groups in total. The molecule has 3 heteroatoms. The fourth-order valence-electron chi connectivity index (χ4n) is 2.62. The molecule has 0 saturated heterocycles. The first-order valence-electron chi connectivity index (χ1n) is 6.44. The molecule has 1 aromatic heterocycles. The van der Waals surface area contributed by atoms with Gasteiger partial charge < -0.3 is 5.32 Å². The summed E-state index contributed by atoms with van der Waals surface area (Å²) in [5, 5.41) is 12.5. The van der Waals surface area contributed by atoms with Gasteiger partial charge in [-0.05, 0) is 24.8 Å².